The molecule has 0 spiro atoms. The van der Waals surface area contributed by atoms with Crippen LogP contribution in [0.25, 0.3) is 0 Å². The highest BCUT2D eigenvalue weighted by Gasteiger charge is 2.25. The first kappa shape index (κ1) is 29.2. The molecule has 1 aliphatic carbocycles. The van der Waals surface area contributed by atoms with Crippen LogP contribution in [0.4, 0.5) is 4.79 Å². The van der Waals surface area contributed by atoms with Gasteiger partial charge in [-0.25, -0.2) is 13.2 Å². The molecular formula is C19H39IN4O5S. The Morgan fingerprint density at radius 3 is 2.13 bits per heavy atom. The maximum atomic E-state index is 11.9. The average molecular weight is 563 g/mol. The number of hydrogen-bond acceptors (Lipinski definition) is 6. The number of sulfone groups is 1. The zero-order valence-corrected chi connectivity index (χ0v) is 22.0. The van der Waals surface area contributed by atoms with E-state index < -0.39 is 15.4 Å². The summed E-state index contributed by atoms with van der Waals surface area (Å²) >= 11 is 0. The van der Waals surface area contributed by atoms with Crippen LogP contribution in [0, 0.1) is 0 Å². The van der Waals surface area contributed by atoms with E-state index in [0.717, 1.165) is 38.2 Å². The summed E-state index contributed by atoms with van der Waals surface area (Å²) in [6.07, 6.45) is 4.44. The zero-order chi connectivity index (χ0) is 21.9. The van der Waals surface area contributed by atoms with E-state index in [9.17, 15) is 13.2 Å². The number of aliphatic imine (C=N–C) groups is 1. The van der Waals surface area contributed by atoms with Crippen molar-refractivity contribution in [2.75, 3.05) is 38.3 Å². The van der Waals surface area contributed by atoms with Gasteiger partial charge in [-0.2, -0.15) is 0 Å². The summed E-state index contributed by atoms with van der Waals surface area (Å²) in [5, 5.41) is 9.58. The van der Waals surface area contributed by atoms with Gasteiger partial charge in [-0.1, -0.05) is 0 Å². The van der Waals surface area contributed by atoms with Gasteiger partial charge in [-0.05, 0) is 53.4 Å². The van der Waals surface area contributed by atoms with Gasteiger partial charge in [0, 0.05) is 24.9 Å². The molecule has 0 atom stereocenters. The molecule has 178 valence electrons. The molecule has 30 heavy (non-hydrogen) atoms. The van der Waals surface area contributed by atoms with Crippen molar-refractivity contribution in [3.05, 3.63) is 0 Å². The van der Waals surface area contributed by atoms with Crippen molar-refractivity contribution < 1.29 is 22.7 Å². The Bertz CT molecular complexity index is 629. The first-order valence-corrected chi connectivity index (χ1v) is 12.3. The summed E-state index contributed by atoms with van der Waals surface area (Å²) < 4.78 is 32.8. The first-order chi connectivity index (χ1) is 13.5. The number of nitrogens with one attached hydrogen (secondary N) is 3. The molecule has 1 fully saturated rings. The highest BCUT2D eigenvalue weighted by atomic mass is 127. The minimum absolute atomic E-state index is 0. The van der Waals surface area contributed by atoms with Crippen molar-refractivity contribution in [1.82, 2.24) is 16.0 Å². The van der Waals surface area contributed by atoms with Crippen LogP contribution in [0.5, 0.6) is 0 Å². The number of hydrogen-bond donors (Lipinski definition) is 3. The number of guanidine groups is 1. The minimum Gasteiger partial charge on any atom is -0.444 e. The Hall–Kier alpha value is -0.820. The molecule has 1 aliphatic rings. The molecule has 0 saturated heterocycles. The van der Waals surface area contributed by atoms with E-state index in [1.807, 2.05) is 27.7 Å². The lowest BCUT2D eigenvalue weighted by Crippen LogP contribution is -2.48. The number of rotatable bonds is 9. The van der Waals surface area contributed by atoms with Gasteiger partial charge in [0.25, 0.3) is 0 Å². The summed E-state index contributed by atoms with van der Waals surface area (Å²) in [6.45, 7) is 9.32. The van der Waals surface area contributed by atoms with Crippen LogP contribution >= 0.6 is 24.0 Å². The highest BCUT2D eigenvalue weighted by Crippen LogP contribution is 2.19. The maximum absolute atomic E-state index is 11.9. The van der Waals surface area contributed by atoms with Crippen molar-refractivity contribution in [3.63, 3.8) is 0 Å². The van der Waals surface area contributed by atoms with Crippen molar-refractivity contribution >= 4 is 45.9 Å². The number of carbonyl (C=O) groups is 1. The molecule has 0 aromatic carbocycles. The lowest BCUT2D eigenvalue weighted by atomic mass is 9.91. The molecule has 0 unspecified atom stereocenters. The number of halogens is 1. The van der Waals surface area contributed by atoms with Crippen LogP contribution in [0.15, 0.2) is 4.99 Å². The second kappa shape index (κ2) is 14.3. The van der Waals surface area contributed by atoms with E-state index in [-0.39, 0.29) is 54.5 Å². The van der Waals surface area contributed by atoms with Crippen molar-refractivity contribution in [2.45, 2.75) is 71.1 Å². The summed E-state index contributed by atoms with van der Waals surface area (Å²) in [6, 6.07) is 0.418. The van der Waals surface area contributed by atoms with Gasteiger partial charge in [0.1, 0.15) is 15.4 Å². The largest absolute Gasteiger partial charge is 0.444 e. The van der Waals surface area contributed by atoms with Crippen LogP contribution < -0.4 is 16.0 Å². The van der Waals surface area contributed by atoms with Crippen LogP contribution in [-0.2, 0) is 19.3 Å². The second-order valence-electron chi connectivity index (χ2n) is 8.34. The Morgan fingerprint density at radius 1 is 1.07 bits per heavy atom. The molecule has 11 heteroatoms. The fraction of sp³-hybridized carbons (Fsp3) is 0.895. The van der Waals surface area contributed by atoms with Crippen molar-refractivity contribution in [2.24, 2.45) is 4.99 Å². The molecule has 9 nitrogen and oxygen atoms in total. The molecule has 0 aromatic rings. The third-order valence-corrected chi connectivity index (χ3v) is 5.15. The summed E-state index contributed by atoms with van der Waals surface area (Å²) in [5.74, 6) is 0.748. The summed E-state index contributed by atoms with van der Waals surface area (Å²) in [5.41, 5.74) is -0.492. The van der Waals surface area contributed by atoms with Gasteiger partial charge in [0.2, 0.25) is 0 Å². The average Bonchev–Trinajstić information content (AvgIpc) is 2.57. The molecule has 0 aromatic heterocycles. The van der Waals surface area contributed by atoms with Crippen molar-refractivity contribution in [3.8, 4) is 0 Å². The topological polar surface area (TPSA) is 118 Å². The van der Waals surface area contributed by atoms with Crippen LogP contribution in [0.2, 0.25) is 0 Å². The van der Waals surface area contributed by atoms with Gasteiger partial charge in [-0.3, -0.25) is 4.99 Å². The third-order valence-electron chi connectivity index (χ3n) is 4.24. The molecule has 1 rings (SSSR count). The Kier molecular flexibility index (Phi) is 13.9. The standard InChI is InChI=1S/C19H38N4O5S.HI/c1-6-20-17(21-11-12-27-13-14-29(5,25)26)22-15-7-9-16(10-8-15)23-18(24)28-19(2,3)4;/h15-16H,6-14H2,1-5H3,(H,23,24)(H2,20,21,22);1H. The van der Waals surface area contributed by atoms with E-state index in [2.05, 4.69) is 20.9 Å². The van der Waals surface area contributed by atoms with E-state index >= 15 is 0 Å². The van der Waals surface area contributed by atoms with Crippen LogP contribution in [0.3, 0.4) is 0 Å². The minimum atomic E-state index is -3.00. The number of carbonyl (C=O) groups excluding carboxylic acids is 1. The van der Waals surface area contributed by atoms with E-state index in [1.165, 1.54) is 6.26 Å². The van der Waals surface area contributed by atoms with Crippen molar-refractivity contribution in [1.29, 1.82) is 0 Å². The molecule has 1 saturated carbocycles. The number of ether oxygens (including phenoxy) is 2. The number of nitrogens with zero attached hydrogens (tertiary/aromatic N) is 1. The normalized spacial score (nSPS) is 20.1. The van der Waals surface area contributed by atoms with Gasteiger partial charge in [-0.15, -0.1) is 24.0 Å². The van der Waals surface area contributed by atoms with Gasteiger partial charge >= 0.3 is 6.09 Å². The lowest BCUT2D eigenvalue weighted by molar-refractivity contribution is 0.0490. The van der Waals surface area contributed by atoms with Crippen LogP contribution in [-0.4, -0.2) is 76.5 Å². The van der Waals surface area contributed by atoms with E-state index in [4.69, 9.17) is 9.47 Å². The SMILES string of the molecule is CCNC(=NCCOCCS(C)(=O)=O)NC1CCC(NC(=O)OC(C)(C)C)CC1.I. The molecule has 0 heterocycles. The van der Waals surface area contributed by atoms with Gasteiger partial charge in [0.15, 0.2) is 5.96 Å². The van der Waals surface area contributed by atoms with E-state index in [1.54, 1.807) is 0 Å². The first-order valence-electron chi connectivity index (χ1n) is 10.3. The summed E-state index contributed by atoms with van der Waals surface area (Å²) in [7, 11) is -3.00. The summed E-state index contributed by atoms with van der Waals surface area (Å²) in [4.78, 5) is 16.4. The molecular weight excluding hydrogens is 523 g/mol. The van der Waals surface area contributed by atoms with Gasteiger partial charge in [0.05, 0.1) is 25.5 Å². The second-order valence-corrected chi connectivity index (χ2v) is 10.6. The predicted molar refractivity (Wildman–Crippen MR) is 130 cm³/mol. The highest BCUT2D eigenvalue weighted by molar-refractivity contribution is 14.0. The van der Waals surface area contributed by atoms with Crippen LogP contribution in [0.1, 0.15) is 53.4 Å². The number of alkyl carbamates (subject to hydrolysis) is 1. The van der Waals surface area contributed by atoms with E-state index in [0.29, 0.717) is 13.2 Å². The lowest BCUT2D eigenvalue weighted by Gasteiger charge is -2.31. The molecule has 0 aliphatic heterocycles. The molecule has 1 amide bonds. The fourth-order valence-corrected chi connectivity index (χ4v) is 3.32. The fourth-order valence-electron chi connectivity index (χ4n) is 2.90. The Morgan fingerprint density at radius 2 is 1.63 bits per heavy atom. The number of amides is 1. The zero-order valence-electron chi connectivity index (χ0n) is 18.8. The molecule has 0 bridgehead atoms. The molecule has 0 radical (unpaired) electrons. The van der Waals surface area contributed by atoms with Gasteiger partial charge < -0.3 is 25.4 Å². The predicted octanol–water partition coefficient (Wildman–Crippen LogP) is 2.06. The molecule has 3 N–H and O–H groups in total. The smallest absolute Gasteiger partial charge is 0.407 e. The monoisotopic (exact) mass is 562 g/mol. The quantitative estimate of drug-likeness (QED) is 0.170. The Balaban J connectivity index is 0.00000841. The third kappa shape index (κ3) is 15.1. The Labute approximate surface area is 198 Å². The maximum Gasteiger partial charge on any atom is 0.407 e.